The lowest BCUT2D eigenvalue weighted by atomic mass is 10.0. The van der Waals surface area contributed by atoms with Crippen molar-refractivity contribution >= 4 is 49.9 Å². The summed E-state index contributed by atoms with van der Waals surface area (Å²) in [5.41, 5.74) is 2.12. The van der Waals surface area contributed by atoms with E-state index in [-0.39, 0.29) is 10.1 Å². The van der Waals surface area contributed by atoms with Gasteiger partial charge in [-0.3, -0.25) is 9.89 Å². The highest BCUT2D eigenvalue weighted by molar-refractivity contribution is 7.91. The Morgan fingerprint density at radius 3 is 2.86 bits per heavy atom. The number of hydrogen-bond donors (Lipinski definition) is 2. The summed E-state index contributed by atoms with van der Waals surface area (Å²) in [5, 5.41) is 13.4. The highest BCUT2D eigenvalue weighted by Gasteiger charge is 2.40. The summed E-state index contributed by atoms with van der Waals surface area (Å²) >= 11 is 6.99. The third kappa shape index (κ3) is 3.89. The number of sulfonamides is 1. The molecule has 4 rings (SSSR count). The molecule has 29 heavy (non-hydrogen) atoms. The first kappa shape index (κ1) is 20.3. The fraction of sp³-hybridized carbons (Fsp3) is 0.389. The van der Waals surface area contributed by atoms with Crippen molar-refractivity contribution in [2.24, 2.45) is 0 Å². The second-order valence-corrected chi connectivity index (χ2v) is 10.7. The molecule has 0 radical (unpaired) electrons. The zero-order valence-corrected chi connectivity index (χ0v) is 18.0. The van der Waals surface area contributed by atoms with E-state index in [0.717, 1.165) is 35.3 Å². The lowest BCUT2D eigenvalue weighted by Crippen LogP contribution is -2.49. The summed E-state index contributed by atoms with van der Waals surface area (Å²) in [7, 11) is -3.95. The van der Waals surface area contributed by atoms with Crippen LogP contribution in [0.25, 0.3) is 11.0 Å². The van der Waals surface area contributed by atoms with Gasteiger partial charge >= 0.3 is 0 Å². The Balaban J connectivity index is 1.81. The predicted octanol–water partition coefficient (Wildman–Crippen LogP) is 3.09. The van der Waals surface area contributed by atoms with Crippen molar-refractivity contribution in [1.82, 2.24) is 25.0 Å². The van der Waals surface area contributed by atoms with Crippen LogP contribution in [-0.2, 0) is 14.8 Å². The van der Waals surface area contributed by atoms with Gasteiger partial charge in [0.05, 0.1) is 9.85 Å². The van der Waals surface area contributed by atoms with Crippen LogP contribution < -0.4 is 5.32 Å². The van der Waals surface area contributed by atoms with Gasteiger partial charge in [-0.15, -0.1) is 16.4 Å². The van der Waals surface area contributed by atoms with E-state index in [1.54, 1.807) is 25.1 Å². The number of aromatic nitrogens is 3. The summed E-state index contributed by atoms with van der Waals surface area (Å²) in [6.07, 6.45) is 2.04. The maximum absolute atomic E-state index is 13.6. The average Bonchev–Trinajstić information content (AvgIpc) is 3.29. The number of halogens is 1. The van der Waals surface area contributed by atoms with Crippen LogP contribution in [0.15, 0.2) is 34.5 Å². The van der Waals surface area contributed by atoms with Crippen molar-refractivity contribution < 1.29 is 13.2 Å². The zero-order chi connectivity index (χ0) is 20.6. The first-order valence-electron chi connectivity index (χ1n) is 9.25. The van der Waals surface area contributed by atoms with Gasteiger partial charge in [0.15, 0.2) is 0 Å². The molecule has 0 saturated carbocycles. The number of hydrogen-bond acceptors (Lipinski definition) is 6. The highest BCUT2D eigenvalue weighted by atomic mass is 35.5. The Bertz CT molecular complexity index is 1140. The van der Waals surface area contributed by atoms with E-state index in [9.17, 15) is 13.2 Å². The Morgan fingerprint density at radius 2 is 2.10 bits per heavy atom. The van der Waals surface area contributed by atoms with Crippen LogP contribution in [0.2, 0.25) is 4.34 Å². The van der Waals surface area contributed by atoms with Crippen LogP contribution in [0.5, 0.6) is 0 Å². The van der Waals surface area contributed by atoms with Gasteiger partial charge in [-0.25, -0.2) is 8.42 Å². The number of thiophene rings is 1. The second kappa shape index (κ2) is 8.02. The van der Waals surface area contributed by atoms with Crippen molar-refractivity contribution in [2.45, 2.75) is 42.5 Å². The minimum Gasteiger partial charge on any atom is -0.355 e. The van der Waals surface area contributed by atoms with Crippen molar-refractivity contribution in [3.63, 3.8) is 0 Å². The minimum absolute atomic E-state index is 0.119. The maximum atomic E-state index is 13.6. The van der Waals surface area contributed by atoms with Crippen LogP contribution in [0.3, 0.4) is 0 Å². The van der Waals surface area contributed by atoms with Crippen molar-refractivity contribution in [2.75, 3.05) is 6.54 Å². The van der Waals surface area contributed by atoms with E-state index < -0.39 is 22.1 Å². The maximum Gasteiger partial charge on any atom is 0.253 e. The molecule has 2 N–H and O–H groups in total. The lowest BCUT2D eigenvalue weighted by Gasteiger charge is -2.33. The van der Waals surface area contributed by atoms with Gasteiger partial charge in [-0.1, -0.05) is 22.9 Å². The molecule has 0 aliphatic carbocycles. The first-order valence-corrected chi connectivity index (χ1v) is 11.9. The largest absolute Gasteiger partial charge is 0.355 e. The van der Waals surface area contributed by atoms with Crippen molar-refractivity contribution in [3.8, 4) is 0 Å². The quantitative estimate of drug-likeness (QED) is 0.617. The Labute approximate surface area is 177 Å². The summed E-state index contributed by atoms with van der Waals surface area (Å²) < 4.78 is 29.0. The molecular formula is C18H20ClN5O3S2. The van der Waals surface area contributed by atoms with Crippen LogP contribution in [0, 0.1) is 0 Å². The molecule has 154 valence electrons. The van der Waals surface area contributed by atoms with E-state index >= 15 is 0 Å². The molecule has 2 atom stereocenters. The number of carbonyl (C=O) groups is 1. The van der Waals surface area contributed by atoms with Crippen molar-refractivity contribution in [3.05, 3.63) is 40.2 Å². The van der Waals surface area contributed by atoms with E-state index in [1.807, 2.05) is 6.07 Å². The van der Waals surface area contributed by atoms with Gasteiger partial charge < -0.3 is 5.32 Å². The van der Waals surface area contributed by atoms with Crippen molar-refractivity contribution in [1.29, 1.82) is 0 Å². The Kier molecular flexibility index (Phi) is 5.60. The summed E-state index contributed by atoms with van der Waals surface area (Å²) in [6.45, 7) is 2.33. The average molecular weight is 454 g/mol. The standard InChI is InChI=1S/C18H20ClN5O3S2/c1-11(12-5-6-13-14(10-12)22-23-21-13)24(15-4-2-3-9-20-18(15)25)29(26,27)17-8-7-16(19)28-17/h5-8,10-11,15H,2-4,9H2,1H3,(H,20,25)(H,21,22,23)/t11?,15-/m1/s1. The predicted molar refractivity (Wildman–Crippen MR) is 111 cm³/mol. The van der Waals surface area contributed by atoms with Gasteiger partial charge in [0.2, 0.25) is 5.91 Å². The summed E-state index contributed by atoms with van der Waals surface area (Å²) in [6, 6.07) is 7.07. The molecule has 11 heteroatoms. The molecule has 8 nitrogen and oxygen atoms in total. The van der Waals surface area contributed by atoms with Crippen LogP contribution in [0.1, 0.15) is 37.8 Å². The van der Waals surface area contributed by atoms with E-state index in [1.165, 1.54) is 10.4 Å². The van der Waals surface area contributed by atoms with Gasteiger partial charge in [0.25, 0.3) is 10.0 Å². The molecule has 1 saturated heterocycles. The van der Waals surface area contributed by atoms with E-state index in [2.05, 4.69) is 20.7 Å². The van der Waals surface area contributed by atoms with E-state index in [4.69, 9.17) is 11.6 Å². The number of fused-ring (bicyclic) bond motifs is 1. The normalized spacial score (nSPS) is 19.3. The fourth-order valence-corrected chi connectivity index (χ4v) is 7.00. The molecule has 0 bridgehead atoms. The van der Waals surface area contributed by atoms with Gasteiger partial charge in [-0.2, -0.15) is 4.31 Å². The summed E-state index contributed by atoms with van der Waals surface area (Å²) in [4.78, 5) is 12.8. The van der Waals surface area contributed by atoms with Gasteiger partial charge in [0.1, 0.15) is 15.8 Å². The number of amides is 1. The topological polar surface area (TPSA) is 108 Å². The van der Waals surface area contributed by atoms with Crippen LogP contribution >= 0.6 is 22.9 Å². The zero-order valence-electron chi connectivity index (χ0n) is 15.6. The second-order valence-electron chi connectivity index (χ2n) is 6.96. The van der Waals surface area contributed by atoms with Crippen LogP contribution in [0.4, 0.5) is 0 Å². The molecule has 2 aromatic heterocycles. The number of H-pyrrole nitrogens is 1. The molecule has 3 heterocycles. The number of benzene rings is 1. The Morgan fingerprint density at radius 1 is 1.28 bits per heavy atom. The number of carbonyl (C=O) groups excluding carboxylic acids is 1. The number of nitrogens with one attached hydrogen (secondary N) is 2. The molecular weight excluding hydrogens is 434 g/mol. The lowest BCUT2D eigenvalue weighted by molar-refractivity contribution is -0.125. The highest BCUT2D eigenvalue weighted by Crippen LogP contribution is 2.36. The molecule has 1 aliphatic rings. The number of aromatic amines is 1. The number of nitrogens with zero attached hydrogens (tertiary/aromatic N) is 3. The molecule has 1 unspecified atom stereocenters. The molecule has 1 amide bonds. The fourth-order valence-electron chi connectivity index (χ4n) is 3.62. The third-order valence-electron chi connectivity index (χ3n) is 5.11. The van der Waals surface area contributed by atoms with Crippen LogP contribution in [-0.4, -0.2) is 46.6 Å². The smallest absolute Gasteiger partial charge is 0.253 e. The molecule has 0 spiro atoms. The molecule has 1 aromatic carbocycles. The van der Waals surface area contributed by atoms with E-state index in [0.29, 0.717) is 22.8 Å². The minimum atomic E-state index is -3.95. The molecule has 3 aromatic rings. The third-order valence-corrected chi connectivity index (χ3v) is 8.79. The SMILES string of the molecule is CC(c1ccc2[nH]nnc2c1)N([C@@H]1CCCCNC1=O)S(=O)(=O)c1ccc(Cl)s1. The molecule has 1 fully saturated rings. The van der Waals surface area contributed by atoms with Gasteiger partial charge in [-0.05, 0) is 56.0 Å². The number of rotatable bonds is 5. The molecule has 1 aliphatic heterocycles. The summed E-state index contributed by atoms with van der Waals surface area (Å²) in [5.74, 6) is -0.275. The monoisotopic (exact) mass is 453 g/mol. The Hall–Kier alpha value is -2.01. The van der Waals surface area contributed by atoms with Gasteiger partial charge in [0, 0.05) is 12.6 Å². The first-order chi connectivity index (χ1) is 13.9.